The minimum Gasteiger partial charge on any atom is -0.334 e. The van der Waals surface area contributed by atoms with Gasteiger partial charge in [-0.3, -0.25) is 9.55 Å². The molecule has 0 aliphatic heterocycles. The lowest BCUT2D eigenvalue weighted by Crippen LogP contribution is -2.00. The van der Waals surface area contributed by atoms with Gasteiger partial charge in [0, 0.05) is 18.8 Å². The van der Waals surface area contributed by atoms with Crippen molar-refractivity contribution in [2.45, 2.75) is 12.7 Å². The number of rotatable bonds is 4. The first-order chi connectivity index (χ1) is 12.8. The van der Waals surface area contributed by atoms with Gasteiger partial charge < -0.3 is 14.4 Å². The van der Waals surface area contributed by atoms with Crippen LogP contribution in [0.4, 0.5) is 8.78 Å². The molecule has 0 unspecified atom stereocenters. The van der Waals surface area contributed by atoms with Crippen molar-refractivity contribution >= 4 is 29.5 Å². The summed E-state index contributed by atoms with van der Waals surface area (Å²) in [6.07, 6.45) is 1.23. The molecule has 4 rings (SSSR count). The maximum absolute atomic E-state index is 14.4. The molecule has 0 bridgehead atoms. The molecule has 2 aromatic heterocycles. The quantitative estimate of drug-likeness (QED) is 0.514. The van der Waals surface area contributed by atoms with Gasteiger partial charge in [0.25, 0.3) is 0 Å². The lowest BCUT2D eigenvalue weighted by atomic mass is 10.1. The minimum atomic E-state index is -4.13. The van der Waals surface area contributed by atoms with Crippen LogP contribution in [-0.4, -0.2) is 19.3 Å². The summed E-state index contributed by atoms with van der Waals surface area (Å²) in [6.45, 7) is 0.338. The van der Waals surface area contributed by atoms with Gasteiger partial charge in [0.05, 0.1) is 28.1 Å². The first-order valence-corrected chi connectivity index (χ1v) is 9.96. The average Bonchev–Trinajstić information content (AvgIpc) is 2.89. The lowest BCUT2D eigenvalue weighted by Gasteiger charge is -2.09. The molecular formula is C19H15F2N2O3P. The normalized spacial score (nSPS) is 12.1. The topological polar surface area (TPSA) is 75.3 Å². The highest BCUT2D eigenvalue weighted by Crippen LogP contribution is 2.39. The molecule has 138 valence electrons. The van der Waals surface area contributed by atoms with Crippen molar-refractivity contribution in [3.8, 4) is 0 Å². The zero-order valence-electron chi connectivity index (χ0n) is 14.0. The Hall–Kier alpha value is -2.60. The summed E-state index contributed by atoms with van der Waals surface area (Å²) in [5, 5.41) is 0.269. The monoisotopic (exact) mass is 388 g/mol. The third-order valence-corrected chi connectivity index (χ3v) is 5.17. The predicted octanol–water partition coefficient (Wildman–Crippen LogP) is 4.19. The van der Waals surface area contributed by atoms with Crippen molar-refractivity contribution in [3.05, 3.63) is 77.5 Å². The molecule has 5 nitrogen and oxygen atoms in total. The van der Waals surface area contributed by atoms with Gasteiger partial charge in [0.15, 0.2) is 0 Å². The van der Waals surface area contributed by atoms with Gasteiger partial charge in [-0.1, -0.05) is 24.3 Å². The van der Waals surface area contributed by atoms with Crippen molar-refractivity contribution in [3.63, 3.8) is 0 Å². The molecule has 0 saturated carbocycles. The Bertz CT molecular complexity index is 1200. The second kappa shape index (κ2) is 6.53. The molecule has 0 fully saturated rings. The fourth-order valence-electron chi connectivity index (χ4n) is 3.29. The van der Waals surface area contributed by atoms with Crippen LogP contribution in [0, 0.1) is 11.6 Å². The number of aromatic nitrogens is 2. The molecule has 0 radical (unpaired) electrons. The molecular weight excluding hydrogens is 373 g/mol. The number of halogens is 2. The Balaban J connectivity index is 1.80. The number of hydrogen-bond acceptors (Lipinski definition) is 2. The highest BCUT2D eigenvalue weighted by molar-refractivity contribution is 7.50. The van der Waals surface area contributed by atoms with Gasteiger partial charge >= 0.3 is 7.60 Å². The Morgan fingerprint density at radius 1 is 1.00 bits per heavy atom. The van der Waals surface area contributed by atoms with Crippen LogP contribution in [0.1, 0.15) is 11.1 Å². The molecule has 2 N–H and O–H groups in total. The number of pyridine rings is 1. The zero-order valence-corrected chi connectivity index (χ0v) is 14.9. The predicted molar refractivity (Wildman–Crippen MR) is 98.4 cm³/mol. The van der Waals surface area contributed by atoms with Crippen LogP contribution in [0.25, 0.3) is 21.9 Å². The summed E-state index contributed by atoms with van der Waals surface area (Å²) in [4.78, 5) is 22.4. The van der Waals surface area contributed by atoms with Crippen LogP contribution in [0.3, 0.4) is 0 Å². The maximum Gasteiger partial charge on any atom is 0.329 e. The Morgan fingerprint density at radius 2 is 1.70 bits per heavy atom. The van der Waals surface area contributed by atoms with E-state index in [9.17, 15) is 13.3 Å². The van der Waals surface area contributed by atoms with E-state index in [2.05, 4.69) is 4.98 Å². The zero-order chi connectivity index (χ0) is 19.2. The number of hydrogen-bond donors (Lipinski definition) is 2. The summed E-state index contributed by atoms with van der Waals surface area (Å²) >= 11 is 0. The molecule has 0 aliphatic carbocycles. The van der Waals surface area contributed by atoms with Crippen molar-refractivity contribution < 1.29 is 23.1 Å². The molecule has 8 heteroatoms. The Kier molecular flexibility index (Phi) is 4.30. The van der Waals surface area contributed by atoms with Crippen molar-refractivity contribution in [2.24, 2.45) is 0 Å². The molecule has 0 atom stereocenters. The summed E-state index contributed by atoms with van der Waals surface area (Å²) in [5.41, 5.74) is 2.89. The van der Waals surface area contributed by atoms with Crippen molar-refractivity contribution in [1.82, 2.24) is 9.55 Å². The van der Waals surface area contributed by atoms with Crippen molar-refractivity contribution in [1.29, 1.82) is 0 Å². The van der Waals surface area contributed by atoms with Crippen LogP contribution in [0.5, 0.6) is 0 Å². The minimum absolute atomic E-state index is 0.269. The molecule has 0 saturated heterocycles. The molecule has 4 aromatic rings. The molecule has 2 heterocycles. The SMILES string of the molecule is O=P(O)(O)Cc1ccc(Cn2c3cccnc3c3c(F)cc(F)cc32)cc1. The van der Waals surface area contributed by atoms with E-state index in [1.807, 2.05) is 0 Å². The van der Waals surface area contributed by atoms with Gasteiger partial charge in [0.1, 0.15) is 11.6 Å². The van der Waals surface area contributed by atoms with Crippen LogP contribution in [0.2, 0.25) is 0 Å². The summed E-state index contributed by atoms with van der Waals surface area (Å²) in [5.74, 6) is -1.33. The summed E-state index contributed by atoms with van der Waals surface area (Å²) in [6, 6.07) is 12.4. The van der Waals surface area contributed by atoms with E-state index in [0.29, 0.717) is 28.7 Å². The number of nitrogens with zero attached hydrogens (tertiary/aromatic N) is 2. The molecule has 0 amide bonds. The summed E-state index contributed by atoms with van der Waals surface area (Å²) < 4.78 is 41.1. The van der Waals surface area contributed by atoms with E-state index >= 15 is 0 Å². The van der Waals surface area contributed by atoms with Crippen molar-refractivity contribution in [2.75, 3.05) is 0 Å². The molecule has 2 aromatic carbocycles. The number of fused-ring (bicyclic) bond motifs is 3. The third kappa shape index (κ3) is 3.49. The third-order valence-electron chi connectivity index (χ3n) is 4.39. The van der Waals surface area contributed by atoms with E-state index in [0.717, 1.165) is 11.6 Å². The van der Waals surface area contributed by atoms with E-state index in [1.54, 1.807) is 47.2 Å². The second-order valence-corrected chi connectivity index (χ2v) is 8.02. The van der Waals surface area contributed by atoms with Crippen LogP contribution >= 0.6 is 7.60 Å². The average molecular weight is 388 g/mol. The molecule has 0 spiro atoms. The van der Waals surface area contributed by atoms with E-state index in [1.165, 1.54) is 6.07 Å². The second-order valence-electron chi connectivity index (χ2n) is 6.38. The highest BCUT2D eigenvalue weighted by atomic mass is 31.2. The fourth-order valence-corrected chi connectivity index (χ4v) is 3.97. The Labute approximate surface area is 153 Å². The first-order valence-electron chi connectivity index (χ1n) is 8.16. The van der Waals surface area contributed by atoms with Gasteiger partial charge in [-0.05, 0) is 29.3 Å². The van der Waals surface area contributed by atoms with Crippen LogP contribution in [-0.2, 0) is 17.3 Å². The fraction of sp³-hybridized carbons (Fsp3) is 0.105. The highest BCUT2D eigenvalue weighted by Gasteiger charge is 2.17. The van der Waals surface area contributed by atoms with Gasteiger partial charge in [-0.15, -0.1) is 0 Å². The number of benzene rings is 2. The van der Waals surface area contributed by atoms with Crippen LogP contribution in [0.15, 0.2) is 54.7 Å². The molecule has 27 heavy (non-hydrogen) atoms. The van der Waals surface area contributed by atoms with E-state index in [4.69, 9.17) is 9.79 Å². The van der Waals surface area contributed by atoms with E-state index in [-0.39, 0.29) is 11.5 Å². The van der Waals surface area contributed by atoms with E-state index < -0.39 is 19.2 Å². The Morgan fingerprint density at radius 3 is 2.41 bits per heavy atom. The van der Waals surface area contributed by atoms with Gasteiger partial charge in [0.2, 0.25) is 0 Å². The largest absolute Gasteiger partial charge is 0.334 e. The smallest absolute Gasteiger partial charge is 0.329 e. The standard InChI is InChI=1S/C19H15F2N2O3P/c20-14-8-15(21)18-17(9-14)23(16-2-1-7-22-19(16)18)10-12-3-5-13(6-4-12)11-27(24,25)26/h1-9H,10-11H2,(H2,24,25,26). The molecule has 0 aliphatic rings. The van der Waals surface area contributed by atoms with Gasteiger partial charge in [-0.25, -0.2) is 8.78 Å². The summed E-state index contributed by atoms with van der Waals surface area (Å²) in [7, 11) is -4.13. The lowest BCUT2D eigenvalue weighted by molar-refractivity contribution is 0.371. The first kappa shape index (κ1) is 17.8. The maximum atomic E-state index is 14.4. The van der Waals surface area contributed by atoms with Crippen LogP contribution < -0.4 is 0 Å². The van der Waals surface area contributed by atoms with Gasteiger partial charge in [-0.2, -0.15) is 0 Å².